The molecule has 0 aromatic heterocycles. The monoisotopic (exact) mass is 463 g/mol. The summed E-state index contributed by atoms with van der Waals surface area (Å²) in [5.74, 6) is -0.948. The van der Waals surface area contributed by atoms with Gasteiger partial charge in [-0.1, -0.05) is 24.3 Å². The number of aryl methyl sites for hydroxylation is 1. The van der Waals surface area contributed by atoms with E-state index in [0.29, 0.717) is 30.8 Å². The summed E-state index contributed by atoms with van der Waals surface area (Å²) in [5.41, 5.74) is 4.15. The highest BCUT2D eigenvalue weighted by molar-refractivity contribution is 6.05. The predicted molar refractivity (Wildman–Crippen MR) is 127 cm³/mol. The molecule has 0 aliphatic carbocycles. The molecule has 4 rings (SSSR count). The van der Waals surface area contributed by atoms with Crippen molar-refractivity contribution >= 4 is 29.4 Å². The Kier molecular flexibility index (Phi) is 7.22. The second-order valence-electron chi connectivity index (χ2n) is 8.60. The topological polar surface area (TPSA) is 120 Å². The Morgan fingerprint density at radius 3 is 2.59 bits per heavy atom. The molecule has 9 heteroatoms. The van der Waals surface area contributed by atoms with E-state index in [1.54, 1.807) is 12.1 Å². The SMILES string of the molecule is CNCCCc1ccc(NC(=O)NCc2ccc3c(c2)CN(C2CCC(=O)NC2=O)C3=O)cc1. The number of rotatable bonds is 8. The summed E-state index contributed by atoms with van der Waals surface area (Å²) in [6, 6.07) is 12.2. The minimum Gasteiger partial charge on any atom is -0.334 e. The molecule has 4 N–H and O–H groups in total. The number of amides is 5. The first-order valence-corrected chi connectivity index (χ1v) is 11.5. The Hall–Kier alpha value is -3.72. The third-order valence-electron chi connectivity index (χ3n) is 6.15. The summed E-state index contributed by atoms with van der Waals surface area (Å²) >= 11 is 0. The number of nitrogens with one attached hydrogen (secondary N) is 4. The maximum Gasteiger partial charge on any atom is 0.319 e. The van der Waals surface area contributed by atoms with Gasteiger partial charge in [0, 0.05) is 30.8 Å². The van der Waals surface area contributed by atoms with E-state index in [1.807, 2.05) is 37.4 Å². The number of hydrogen-bond acceptors (Lipinski definition) is 5. The first-order chi connectivity index (χ1) is 16.4. The Balaban J connectivity index is 1.30. The Bertz CT molecular complexity index is 1100. The van der Waals surface area contributed by atoms with Crippen LogP contribution in [0.5, 0.6) is 0 Å². The molecule has 1 atom stereocenters. The van der Waals surface area contributed by atoms with E-state index in [4.69, 9.17) is 0 Å². The summed E-state index contributed by atoms with van der Waals surface area (Å²) < 4.78 is 0. The molecule has 2 aliphatic rings. The lowest BCUT2D eigenvalue weighted by molar-refractivity contribution is -0.136. The van der Waals surface area contributed by atoms with E-state index in [2.05, 4.69) is 21.3 Å². The molecule has 2 aliphatic heterocycles. The van der Waals surface area contributed by atoms with Crippen molar-refractivity contribution in [1.29, 1.82) is 0 Å². The van der Waals surface area contributed by atoms with Crippen molar-refractivity contribution in [1.82, 2.24) is 20.9 Å². The Morgan fingerprint density at radius 1 is 1.09 bits per heavy atom. The molecule has 1 unspecified atom stereocenters. The second kappa shape index (κ2) is 10.5. The highest BCUT2D eigenvalue weighted by atomic mass is 16.2. The number of nitrogens with zero attached hydrogens (tertiary/aromatic N) is 1. The molecule has 1 saturated heterocycles. The third kappa shape index (κ3) is 5.43. The van der Waals surface area contributed by atoms with E-state index in [1.165, 1.54) is 10.5 Å². The number of imide groups is 1. The van der Waals surface area contributed by atoms with Crippen molar-refractivity contribution < 1.29 is 19.2 Å². The number of benzene rings is 2. The van der Waals surface area contributed by atoms with Gasteiger partial charge in [0.25, 0.3) is 5.91 Å². The zero-order valence-corrected chi connectivity index (χ0v) is 19.1. The Morgan fingerprint density at radius 2 is 1.85 bits per heavy atom. The quantitative estimate of drug-likeness (QED) is 0.352. The molecule has 0 saturated carbocycles. The van der Waals surface area contributed by atoms with Gasteiger partial charge in [-0.2, -0.15) is 0 Å². The molecule has 5 amide bonds. The van der Waals surface area contributed by atoms with Gasteiger partial charge in [0.05, 0.1) is 0 Å². The highest BCUT2D eigenvalue weighted by Crippen LogP contribution is 2.28. The molecule has 2 heterocycles. The number of anilines is 1. The van der Waals surface area contributed by atoms with Crippen LogP contribution in [0.3, 0.4) is 0 Å². The van der Waals surface area contributed by atoms with Gasteiger partial charge in [-0.15, -0.1) is 0 Å². The van der Waals surface area contributed by atoms with Crippen molar-refractivity contribution in [3.63, 3.8) is 0 Å². The third-order valence-corrected chi connectivity index (χ3v) is 6.15. The van der Waals surface area contributed by atoms with E-state index in [-0.39, 0.29) is 24.3 Å². The number of carbonyl (C=O) groups excluding carboxylic acids is 4. The summed E-state index contributed by atoms with van der Waals surface area (Å²) in [6.07, 6.45) is 2.59. The number of hydrogen-bond donors (Lipinski definition) is 4. The van der Waals surface area contributed by atoms with E-state index < -0.39 is 11.9 Å². The number of carbonyl (C=O) groups is 4. The maximum absolute atomic E-state index is 12.8. The first-order valence-electron chi connectivity index (χ1n) is 11.5. The summed E-state index contributed by atoms with van der Waals surface area (Å²) in [6.45, 7) is 1.57. The minimum atomic E-state index is -0.639. The second-order valence-corrected chi connectivity index (χ2v) is 8.60. The summed E-state index contributed by atoms with van der Waals surface area (Å²) in [5, 5.41) is 11.1. The molecular weight excluding hydrogens is 434 g/mol. The molecule has 2 aromatic carbocycles. The van der Waals surface area contributed by atoms with Crippen molar-refractivity contribution in [2.45, 2.75) is 44.8 Å². The fourth-order valence-corrected chi connectivity index (χ4v) is 4.32. The van der Waals surface area contributed by atoms with Gasteiger partial charge < -0.3 is 20.9 Å². The van der Waals surface area contributed by atoms with Gasteiger partial charge in [0.2, 0.25) is 11.8 Å². The molecule has 34 heavy (non-hydrogen) atoms. The molecular formula is C25H29N5O4. The van der Waals surface area contributed by atoms with Crippen LogP contribution in [-0.4, -0.2) is 48.3 Å². The van der Waals surface area contributed by atoms with E-state index in [9.17, 15) is 19.2 Å². The summed E-state index contributed by atoms with van der Waals surface area (Å²) in [4.78, 5) is 50.2. The van der Waals surface area contributed by atoms with Crippen LogP contribution >= 0.6 is 0 Å². The van der Waals surface area contributed by atoms with E-state index >= 15 is 0 Å². The predicted octanol–water partition coefficient (Wildman–Crippen LogP) is 1.92. The molecule has 178 valence electrons. The standard InChI is InChI=1S/C25H29N5O4/c1-26-12-2-3-16-4-7-19(8-5-16)28-25(34)27-14-17-6-9-20-18(13-17)15-30(24(20)33)21-10-11-22(31)29-23(21)32/h4-9,13,21,26H,2-3,10-12,14-15H2,1H3,(H2,27,28,34)(H,29,31,32). The Labute approximate surface area is 198 Å². The van der Waals surface area contributed by atoms with Crippen LogP contribution < -0.4 is 21.3 Å². The van der Waals surface area contributed by atoms with Gasteiger partial charge in [-0.25, -0.2) is 4.79 Å². The largest absolute Gasteiger partial charge is 0.334 e. The fraction of sp³-hybridized carbons (Fsp3) is 0.360. The van der Waals surface area contributed by atoms with Crippen LogP contribution in [-0.2, 0) is 29.1 Å². The number of urea groups is 1. The van der Waals surface area contributed by atoms with Gasteiger partial charge in [-0.3, -0.25) is 19.7 Å². The zero-order valence-electron chi connectivity index (χ0n) is 19.1. The molecule has 2 aromatic rings. The maximum atomic E-state index is 12.8. The minimum absolute atomic E-state index is 0.212. The number of piperidine rings is 1. The van der Waals surface area contributed by atoms with Gasteiger partial charge >= 0.3 is 6.03 Å². The summed E-state index contributed by atoms with van der Waals surface area (Å²) in [7, 11) is 1.93. The molecule has 0 radical (unpaired) electrons. The van der Waals surface area contributed by atoms with Crippen LogP contribution in [0.4, 0.5) is 10.5 Å². The van der Waals surface area contributed by atoms with Crippen molar-refractivity contribution in [2.75, 3.05) is 18.9 Å². The van der Waals surface area contributed by atoms with Crippen LogP contribution in [0, 0.1) is 0 Å². The van der Waals surface area contributed by atoms with Crippen LogP contribution in [0.25, 0.3) is 0 Å². The van der Waals surface area contributed by atoms with Crippen molar-refractivity contribution in [3.05, 3.63) is 64.7 Å². The molecule has 0 bridgehead atoms. The lowest BCUT2D eigenvalue weighted by atomic mass is 10.0. The molecule has 0 spiro atoms. The fourth-order valence-electron chi connectivity index (χ4n) is 4.32. The van der Waals surface area contributed by atoms with Crippen molar-refractivity contribution in [2.24, 2.45) is 0 Å². The lowest BCUT2D eigenvalue weighted by Crippen LogP contribution is -2.52. The van der Waals surface area contributed by atoms with Crippen molar-refractivity contribution in [3.8, 4) is 0 Å². The number of fused-ring (bicyclic) bond motifs is 1. The molecule has 9 nitrogen and oxygen atoms in total. The van der Waals surface area contributed by atoms with Gasteiger partial charge in [0.1, 0.15) is 6.04 Å². The average Bonchev–Trinajstić information content (AvgIpc) is 3.14. The van der Waals surface area contributed by atoms with Crippen LogP contribution in [0.2, 0.25) is 0 Å². The van der Waals surface area contributed by atoms with E-state index in [0.717, 1.165) is 30.5 Å². The van der Waals surface area contributed by atoms with Crippen LogP contribution in [0.1, 0.15) is 46.3 Å². The van der Waals surface area contributed by atoms with Gasteiger partial charge in [0.15, 0.2) is 0 Å². The molecule has 1 fully saturated rings. The first kappa shape index (κ1) is 23.4. The highest BCUT2D eigenvalue weighted by Gasteiger charge is 2.39. The average molecular weight is 464 g/mol. The lowest BCUT2D eigenvalue weighted by Gasteiger charge is -2.29. The normalized spacial score (nSPS) is 17.4. The smallest absolute Gasteiger partial charge is 0.319 e. The van der Waals surface area contributed by atoms with Gasteiger partial charge in [-0.05, 0) is 67.7 Å². The van der Waals surface area contributed by atoms with Crippen LogP contribution in [0.15, 0.2) is 42.5 Å². The zero-order chi connectivity index (χ0) is 24.1.